The molecular formula is C17H17N5O4. The van der Waals surface area contributed by atoms with Crippen LogP contribution in [-0.2, 0) is 0 Å². The maximum absolute atomic E-state index is 12.5. The summed E-state index contributed by atoms with van der Waals surface area (Å²) in [6.45, 7) is 0. The molecule has 0 aliphatic heterocycles. The molecule has 0 atom stereocenters. The summed E-state index contributed by atoms with van der Waals surface area (Å²) in [5.74, 6) is 1.09. The summed E-state index contributed by atoms with van der Waals surface area (Å²) in [7, 11) is 4.55. The van der Waals surface area contributed by atoms with E-state index in [0.717, 1.165) is 5.69 Å². The van der Waals surface area contributed by atoms with E-state index in [4.69, 9.17) is 14.2 Å². The molecule has 1 amide bonds. The van der Waals surface area contributed by atoms with Crippen LogP contribution in [0.1, 0.15) is 10.4 Å². The second-order valence-corrected chi connectivity index (χ2v) is 5.17. The summed E-state index contributed by atoms with van der Waals surface area (Å²) >= 11 is 0. The van der Waals surface area contributed by atoms with Crippen LogP contribution in [0.25, 0.3) is 5.69 Å². The standard InChI is InChI=1S/C17H17N5O4/c1-24-14-8-12(9-15(25-2)16(14)26-3)19-17(23)11-4-6-13(7-5-11)22-10-18-20-21-22/h4-10H,1-3H3,(H,19,23). The molecule has 3 rings (SSSR count). The zero-order valence-corrected chi connectivity index (χ0v) is 14.5. The zero-order valence-electron chi connectivity index (χ0n) is 14.5. The van der Waals surface area contributed by atoms with Crippen molar-refractivity contribution >= 4 is 11.6 Å². The number of nitrogens with zero attached hydrogens (tertiary/aromatic N) is 4. The highest BCUT2D eigenvalue weighted by Crippen LogP contribution is 2.40. The van der Waals surface area contributed by atoms with Gasteiger partial charge in [-0.15, -0.1) is 5.10 Å². The van der Waals surface area contributed by atoms with Crippen molar-refractivity contribution in [3.63, 3.8) is 0 Å². The highest BCUT2D eigenvalue weighted by Gasteiger charge is 2.15. The number of tetrazole rings is 1. The fourth-order valence-electron chi connectivity index (χ4n) is 2.40. The van der Waals surface area contributed by atoms with Crippen LogP contribution in [0.5, 0.6) is 17.2 Å². The Bertz CT molecular complexity index is 869. The first kappa shape index (κ1) is 17.2. The minimum atomic E-state index is -0.275. The van der Waals surface area contributed by atoms with E-state index in [1.165, 1.54) is 32.3 Å². The molecule has 0 saturated heterocycles. The summed E-state index contributed by atoms with van der Waals surface area (Å²) < 4.78 is 17.3. The average molecular weight is 355 g/mol. The molecule has 2 aromatic carbocycles. The Hall–Kier alpha value is -3.62. The van der Waals surface area contributed by atoms with Crippen LogP contribution in [0.3, 0.4) is 0 Å². The molecule has 0 spiro atoms. The molecule has 0 unspecified atom stereocenters. The van der Waals surface area contributed by atoms with Gasteiger partial charge in [-0.25, -0.2) is 4.68 Å². The number of carbonyl (C=O) groups is 1. The molecule has 3 aromatic rings. The SMILES string of the molecule is COc1cc(NC(=O)c2ccc(-n3cnnn3)cc2)cc(OC)c1OC. The van der Waals surface area contributed by atoms with E-state index >= 15 is 0 Å². The van der Waals surface area contributed by atoms with E-state index in [-0.39, 0.29) is 5.91 Å². The van der Waals surface area contributed by atoms with Crippen molar-refractivity contribution in [3.8, 4) is 22.9 Å². The highest BCUT2D eigenvalue weighted by atomic mass is 16.5. The monoisotopic (exact) mass is 355 g/mol. The third kappa shape index (κ3) is 3.41. The Kier molecular flexibility index (Phi) is 4.97. The fraction of sp³-hybridized carbons (Fsp3) is 0.176. The molecular weight excluding hydrogens is 338 g/mol. The lowest BCUT2D eigenvalue weighted by molar-refractivity contribution is 0.102. The summed E-state index contributed by atoms with van der Waals surface area (Å²) in [5, 5.41) is 13.8. The number of amides is 1. The van der Waals surface area contributed by atoms with E-state index < -0.39 is 0 Å². The summed E-state index contributed by atoms with van der Waals surface area (Å²) in [5.41, 5.74) is 1.75. The van der Waals surface area contributed by atoms with E-state index in [2.05, 4.69) is 20.8 Å². The molecule has 1 N–H and O–H groups in total. The molecule has 1 heterocycles. The Labute approximate surface area is 149 Å². The minimum Gasteiger partial charge on any atom is -0.493 e. The Balaban J connectivity index is 1.81. The summed E-state index contributed by atoms with van der Waals surface area (Å²) in [6.07, 6.45) is 1.48. The van der Waals surface area contributed by atoms with Gasteiger partial charge < -0.3 is 19.5 Å². The Morgan fingerprint density at radius 2 is 1.65 bits per heavy atom. The van der Waals surface area contributed by atoms with Gasteiger partial charge in [0.2, 0.25) is 5.75 Å². The van der Waals surface area contributed by atoms with E-state index in [0.29, 0.717) is 28.5 Å². The lowest BCUT2D eigenvalue weighted by Gasteiger charge is -2.14. The number of hydrogen-bond acceptors (Lipinski definition) is 7. The number of benzene rings is 2. The number of ether oxygens (including phenoxy) is 3. The van der Waals surface area contributed by atoms with Crippen molar-refractivity contribution in [2.24, 2.45) is 0 Å². The summed E-state index contributed by atoms with van der Waals surface area (Å²) in [4.78, 5) is 12.5. The van der Waals surface area contributed by atoms with Gasteiger partial charge in [0.05, 0.1) is 27.0 Å². The van der Waals surface area contributed by atoms with E-state index in [1.807, 2.05) is 0 Å². The predicted molar refractivity (Wildman–Crippen MR) is 93.2 cm³/mol. The largest absolute Gasteiger partial charge is 0.493 e. The van der Waals surface area contributed by atoms with Gasteiger partial charge in [0.25, 0.3) is 5.91 Å². The molecule has 9 nitrogen and oxygen atoms in total. The van der Waals surface area contributed by atoms with Crippen LogP contribution in [0.2, 0.25) is 0 Å². The first-order valence-electron chi connectivity index (χ1n) is 7.61. The van der Waals surface area contributed by atoms with E-state index in [1.54, 1.807) is 36.4 Å². The number of carbonyl (C=O) groups excluding carboxylic acids is 1. The van der Waals surface area contributed by atoms with Crippen LogP contribution < -0.4 is 19.5 Å². The Morgan fingerprint density at radius 3 is 2.15 bits per heavy atom. The molecule has 0 radical (unpaired) electrons. The second kappa shape index (κ2) is 7.51. The van der Waals surface area contributed by atoms with Crippen LogP contribution in [-0.4, -0.2) is 47.4 Å². The lowest BCUT2D eigenvalue weighted by atomic mass is 10.2. The smallest absolute Gasteiger partial charge is 0.255 e. The number of methoxy groups -OCH3 is 3. The molecule has 26 heavy (non-hydrogen) atoms. The van der Waals surface area contributed by atoms with Gasteiger partial charge in [-0.05, 0) is 34.7 Å². The van der Waals surface area contributed by atoms with E-state index in [9.17, 15) is 4.79 Å². The first-order valence-corrected chi connectivity index (χ1v) is 7.61. The maximum Gasteiger partial charge on any atom is 0.255 e. The van der Waals surface area contributed by atoms with Crippen LogP contribution in [0, 0.1) is 0 Å². The number of aromatic nitrogens is 4. The number of anilines is 1. The van der Waals surface area contributed by atoms with Crippen LogP contribution >= 0.6 is 0 Å². The van der Waals surface area contributed by atoms with Crippen molar-refractivity contribution in [2.45, 2.75) is 0 Å². The van der Waals surface area contributed by atoms with Gasteiger partial charge in [0.1, 0.15) is 6.33 Å². The molecule has 0 aliphatic rings. The van der Waals surface area contributed by atoms with Gasteiger partial charge in [0.15, 0.2) is 11.5 Å². The van der Waals surface area contributed by atoms with Crippen molar-refractivity contribution in [2.75, 3.05) is 26.6 Å². The molecule has 0 aliphatic carbocycles. The molecule has 134 valence electrons. The normalized spacial score (nSPS) is 10.3. The zero-order chi connectivity index (χ0) is 18.5. The van der Waals surface area contributed by atoms with Gasteiger partial charge in [-0.1, -0.05) is 0 Å². The lowest BCUT2D eigenvalue weighted by Crippen LogP contribution is -2.12. The second-order valence-electron chi connectivity index (χ2n) is 5.17. The number of nitrogens with one attached hydrogen (secondary N) is 1. The topological polar surface area (TPSA) is 100 Å². The van der Waals surface area contributed by atoms with Crippen molar-refractivity contribution in [1.29, 1.82) is 0 Å². The molecule has 0 fully saturated rings. The highest BCUT2D eigenvalue weighted by molar-refractivity contribution is 6.04. The molecule has 0 saturated carbocycles. The van der Waals surface area contributed by atoms with Gasteiger partial charge >= 0.3 is 0 Å². The quantitative estimate of drug-likeness (QED) is 0.721. The van der Waals surface area contributed by atoms with Gasteiger partial charge in [-0.2, -0.15) is 0 Å². The summed E-state index contributed by atoms with van der Waals surface area (Å²) in [6, 6.07) is 10.2. The third-order valence-corrected chi connectivity index (χ3v) is 3.67. The van der Waals surface area contributed by atoms with Crippen LogP contribution in [0.4, 0.5) is 5.69 Å². The Morgan fingerprint density at radius 1 is 1.00 bits per heavy atom. The number of hydrogen-bond donors (Lipinski definition) is 1. The molecule has 1 aromatic heterocycles. The fourth-order valence-corrected chi connectivity index (χ4v) is 2.40. The van der Waals surface area contributed by atoms with Crippen LogP contribution in [0.15, 0.2) is 42.7 Å². The van der Waals surface area contributed by atoms with Crippen molar-refractivity contribution in [1.82, 2.24) is 20.2 Å². The average Bonchev–Trinajstić information content (AvgIpc) is 3.22. The number of rotatable bonds is 6. The van der Waals surface area contributed by atoms with Crippen molar-refractivity contribution in [3.05, 3.63) is 48.3 Å². The van der Waals surface area contributed by atoms with Gasteiger partial charge in [-0.3, -0.25) is 4.79 Å². The molecule has 9 heteroatoms. The van der Waals surface area contributed by atoms with Crippen molar-refractivity contribution < 1.29 is 19.0 Å². The predicted octanol–water partition coefficient (Wildman–Crippen LogP) is 1.94. The first-order chi connectivity index (χ1) is 12.7. The third-order valence-electron chi connectivity index (χ3n) is 3.67. The maximum atomic E-state index is 12.5. The van der Waals surface area contributed by atoms with Gasteiger partial charge in [0, 0.05) is 23.4 Å². The minimum absolute atomic E-state index is 0.275. The molecule has 0 bridgehead atoms.